The summed E-state index contributed by atoms with van der Waals surface area (Å²) in [5.41, 5.74) is 3.51. The largest absolute Gasteiger partial charge is 0.338 e. The molecule has 2 saturated carbocycles. The van der Waals surface area contributed by atoms with Crippen LogP contribution in [0, 0.1) is 31.6 Å². The first-order valence-electron chi connectivity index (χ1n) is 10.4. The minimum atomic E-state index is 0.159. The summed E-state index contributed by atoms with van der Waals surface area (Å²) >= 11 is 0. The molecule has 1 aromatic rings. The summed E-state index contributed by atoms with van der Waals surface area (Å²) in [6.45, 7) is 5.14. The summed E-state index contributed by atoms with van der Waals surface area (Å²) < 4.78 is 1.95. The van der Waals surface area contributed by atoms with E-state index in [0.29, 0.717) is 18.4 Å². The van der Waals surface area contributed by atoms with Crippen molar-refractivity contribution >= 4 is 5.91 Å². The Bertz CT molecular complexity index is 678. The van der Waals surface area contributed by atoms with Gasteiger partial charge < -0.3 is 10.2 Å². The lowest BCUT2D eigenvalue weighted by molar-refractivity contribution is -0.127. The highest BCUT2D eigenvalue weighted by molar-refractivity contribution is 5.79. The van der Waals surface area contributed by atoms with E-state index in [9.17, 15) is 4.79 Å². The molecule has 0 bridgehead atoms. The molecule has 2 aliphatic carbocycles. The molecule has 26 heavy (non-hydrogen) atoms. The second-order valence-corrected chi connectivity index (χ2v) is 8.99. The summed E-state index contributed by atoms with van der Waals surface area (Å²) in [6, 6.07) is 0.804. The van der Waals surface area contributed by atoms with Gasteiger partial charge in [-0.25, -0.2) is 0 Å². The van der Waals surface area contributed by atoms with Crippen LogP contribution < -0.4 is 5.32 Å². The number of aryl methyl sites for hydroxylation is 2. The predicted octanol–water partition coefficient (Wildman–Crippen LogP) is 3.11. The van der Waals surface area contributed by atoms with Gasteiger partial charge in [-0.05, 0) is 51.4 Å². The third-order valence-corrected chi connectivity index (χ3v) is 7.23. The van der Waals surface area contributed by atoms with Crippen LogP contribution in [-0.2, 0) is 11.8 Å². The second kappa shape index (κ2) is 6.99. The van der Waals surface area contributed by atoms with Gasteiger partial charge >= 0.3 is 0 Å². The zero-order valence-corrected chi connectivity index (χ0v) is 16.8. The second-order valence-electron chi connectivity index (χ2n) is 8.99. The van der Waals surface area contributed by atoms with Crippen LogP contribution in [0.25, 0.3) is 0 Å². The average Bonchev–Trinajstić information content (AvgIpc) is 3.39. The normalized spacial score (nSPS) is 32.5. The lowest BCUT2D eigenvalue weighted by Gasteiger charge is -2.32. The highest BCUT2D eigenvalue weighted by atomic mass is 16.2. The fourth-order valence-corrected chi connectivity index (χ4v) is 5.51. The van der Waals surface area contributed by atoms with Crippen molar-refractivity contribution in [2.45, 2.75) is 70.9 Å². The van der Waals surface area contributed by atoms with E-state index in [2.05, 4.69) is 24.3 Å². The molecule has 4 rings (SSSR count). The smallest absolute Gasteiger partial charge is 0.223 e. The Morgan fingerprint density at radius 1 is 1.12 bits per heavy atom. The van der Waals surface area contributed by atoms with Gasteiger partial charge in [0.05, 0.1) is 11.7 Å². The molecule has 4 atom stereocenters. The maximum Gasteiger partial charge on any atom is 0.223 e. The fourth-order valence-electron chi connectivity index (χ4n) is 5.51. The van der Waals surface area contributed by atoms with Gasteiger partial charge in [-0.1, -0.05) is 12.8 Å². The zero-order valence-electron chi connectivity index (χ0n) is 16.8. The number of hydrogen-bond acceptors (Lipinski definition) is 3. The molecule has 5 nitrogen and oxygen atoms in total. The van der Waals surface area contributed by atoms with Crippen LogP contribution in [0.4, 0.5) is 0 Å². The van der Waals surface area contributed by atoms with Gasteiger partial charge in [-0.3, -0.25) is 9.48 Å². The van der Waals surface area contributed by atoms with E-state index in [1.807, 2.05) is 23.7 Å². The molecular formula is C21H34N4O. The van der Waals surface area contributed by atoms with Gasteiger partial charge in [0.2, 0.25) is 5.91 Å². The number of nitrogens with zero attached hydrogens (tertiary/aromatic N) is 3. The average molecular weight is 359 g/mol. The first kappa shape index (κ1) is 18.0. The third-order valence-electron chi connectivity index (χ3n) is 7.23. The number of nitrogens with one attached hydrogen (secondary N) is 1. The van der Waals surface area contributed by atoms with Crippen molar-refractivity contribution in [2.75, 3.05) is 13.6 Å². The SMILES string of the molecule is Cc1nn(C)c(C)c1[C@H]1[C@H](CNC2CCCC(C3CC3)C2)CC(=O)N1C. The molecule has 0 spiro atoms. The van der Waals surface area contributed by atoms with E-state index in [1.165, 1.54) is 49.8 Å². The molecule has 1 aromatic heterocycles. The summed E-state index contributed by atoms with van der Waals surface area (Å²) in [6.07, 6.45) is 9.02. The number of aromatic nitrogens is 2. The molecular weight excluding hydrogens is 324 g/mol. The Hall–Kier alpha value is -1.36. The number of rotatable bonds is 5. The lowest BCUT2D eigenvalue weighted by atomic mass is 9.82. The first-order chi connectivity index (χ1) is 12.5. The maximum absolute atomic E-state index is 12.5. The molecule has 1 saturated heterocycles. The van der Waals surface area contributed by atoms with Crippen LogP contribution in [0.5, 0.6) is 0 Å². The zero-order chi connectivity index (χ0) is 18.4. The summed E-state index contributed by atoms with van der Waals surface area (Å²) in [4.78, 5) is 14.4. The number of hydrogen-bond donors (Lipinski definition) is 1. The van der Waals surface area contributed by atoms with Crippen molar-refractivity contribution in [3.63, 3.8) is 0 Å². The molecule has 1 aliphatic heterocycles. The lowest BCUT2D eigenvalue weighted by Crippen LogP contribution is -2.39. The minimum absolute atomic E-state index is 0.159. The Labute approximate surface area is 157 Å². The van der Waals surface area contributed by atoms with Gasteiger partial charge in [0.1, 0.15) is 0 Å². The number of carbonyl (C=O) groups excluding carboxylic acids is 1. The van der Waals surface area contributed by atoms with Crippen molar-refractivity contribution in [3.05, 3.63) is 17.0 Å². The monoisotopic (exact) mass is 358 g/mol. The topological polar surface area (TPSA) is 50.2 Å². The third kappa shape index (κ3) is 3.30. The highest BCUT2D eigenvalue weighted by Crippen LogP contribution is 2.44. The molecule has 3 fully saturated rings. The standard InChI is InChI=1S/C21H34N4O/c1-13-20(14(2)25(4)23-13)21-17(11-19(26)24(21)3)12-22-18-7-5-6-16(10-18)15-8-9-15/h15-18,21-22H,5-12H2,1-4H3/t16?,17-,18?,21+/m0/s1. The van der Waals surface area contributed by atoms with E-state index in [-0.39, 0.29) is 11.9 Å². The summed E-state index contributed by atoms with van der Waals surface area (Å²) in [5, 5.41) is 8.45. The molecule has 1 N–H and O–H groups in total. The fraction of sp³-hybridized carbons (Fsp3) is 0.810. The molecule has 5 heteroatoms. The minimum Gasteiger partial charge on any atom is -0.338 e. The maximum atomic E-state index is 12.5. The highest BCUT2D eigenvalue weighted by Gasteiger charge is 2.41. The Morgan fingerprint density at radius 2 is 1.88 bits per heavy atom. The molecule has 1 amide bonds. The van der Waals surface area contributed by atoms with Gasteiger partial charge in [-0.2, -0.15) is 5.10 Å². The van der Waals surface area contributed by atoms with Crippen molar-refractivity contribution in [1.82, 2.24) is 20.0 Å². The van der Waals surface area contributed by atoms with Crippen molar-refractivity contribution < 1.29 is 4.79 Å². The summed E-state index contributed by atoms with van der Waals surface area (Å²) in [7, 11) is 3.96. The summed E-state index contributed by atoms with van der Waals surface area (Å²) in [5.74, 6) is 2.58. The van der Waals surface area contributed by atoms with Crippen molar-refractivity contribution in [1.29, 1.82) is 0 Å². The van der Waals surface area contributed by atoms with E-state index >= 15 is 0 Å². The van der Waals surface area contributed by atoms with Crippen LogP contribution >= 0.6 is 0 Å². The van der Waals surface area contributed by atoms with Gasteiger partial charge in [-0.15, -0.1) is 0 Å². The van der Waals surface area contributed by atoms with E-state index in [0.717, 1.165) is 24.1 Å². The molecule has 2 heterocycles. The van der Waals surface area contributed by atoms with Crippen LogP contribution in [0.3, 0.4) is 0 Å². The van der Waals surface area contributed by atoms with Crippen LogP contribution in [0.2, 0.25) is 0 Å². The number of carbonyl (C=O) groups is 1. The van der Waals surface area contributed by atoms with E-state index in [4.69, 9.17) is 0 Å². The Morgan fingerprint density at radius 3 is 2.54 bits per heavy atom. The van der Waals surface area contributed by atoms with Gasteiger partial charge in [0.15, 0.2) is 0 Å². The molecule has 0 radical (unpaired) electrons. The van der Waals surface area contributed by atoms with E-state index in [1.54, 1.807) is 0 Å². The van der Waals surface area contributed by atoms with Crippen LogP contribution in [0.1, 0.15) is 67.9 Å². The number of amides is 1. The quantitative estimate of drug-likeness (QED) is 0.880. The van der Waals surface area contributed by atoms with Gasteiger partial charge in [0.25, 0.3) is 0 Å². The molecule has 2 unspecified atom stereocenters. The predicted molar refractivity (Wildman–Crippen MR) is 103 cm³/mol. The molecule has 0 aromatic carbocycles. The van der Waals surface area contributed by atoms with Crippen molar-refractivity contribution in [3.8, 4) is 0 Å². The van der Waals surface area contributed by atoms with Crippen molar-refractivity contribution in [2.24, 2.45) is 24.8 Å². The Kier molecular flexibility index (Phi) is 4.84. The number of likely N-dealkylation sites (tertiary alicyclic amines) is 1. The van der Waals surface area contributed by atoms with Gasteiger partial charge in [0, 0.05) is 50.3 Å². The van der Waals surface area contributed by atoms with Crippen LogP contribution in [-0.4, -0.2) is 40.2 Å². The molecule has 3 aliphatic rings. The van der Waals surface area contributed by atoms with Crippen LogP contribution in [0.15, 0.2) is 0 Å². The molecule has 144 valence electrons. The first-order valence-corrected chi connectivity index (χ1v) is 10.4. The Balaban J connectivity index is 1.45. The van der Waals surface area contributed by atoms with E-state index < -0.39 is 0 Å².